The molecule has 7 heteroatoms. The summed E-state index contributed by atoms with van der Waals surface area (Å²) in [6.45, 7) is 0.163. The van der Waals surface area contributed by atoms with Gasteiger partial charge in [0.1, 0.15) is 17.6 Å². The van der Waals surface area contributed by atoms with Gasteiger partial charge in [-0.1, -0.05) is 24.3 Å². The maximum absolute atomic E-state index is 13.0. The Morgan fingerprint density at radius 1 is 1.14 bits per heavy atom. The van der Waals surface area contributed by atoms with Gasteiger partial charge < -0.3 is 14.7 Å². The van der Waals surface area contributed by atoms with E-state index in [-0.39, 0.29) is 17.9 Å². The maximum Gasteiger partial charge on any atom is 0.296 e. The molecule has 146 valence electrons. The maximum atomic E-state index is 13.0. The van der Waals surface area contributed by atoms with Crippen LogP contribution in [0, 0.1) is 0 Å². The molecule has 1 saturated heterocycles. The van der Waals surface area contributed by atoms with Crippen LogP contribution >= 0.6 is 11.3 Å². The summed E-state index contributed by atoms with van der Waals surface area (Å²) in [5.41, 5.74) is 1.08. The second-order valence-electron chi connectivity index (χ2n) is 6.46. The van der Waals surface area contributed by atoms with Gasteiger partial charge in [0, 0.05) is 11.1 Å². The molecular formula is C22H18N2O4S. The zero-order valence-corrected chi connectivity index (χ0v) is 16.4. The number of Topliss-reactive ketones (excluding diaryl/α,β-unsaturated/α-hetero) is 1. The van der Waals surface area contributed by atoms with E-state index >= 15 is 0 Å². The van der Waals surface area contributed by atoms with Crippen LogP contribution in [-0.2, 0) is 16.1 Å². The molecule has 1 unspecified atom stereocenters. The lowest BCUT2D eigenvalue weighted by molar-refractivity contribution is -0.140. The lowest BCUT2D eigenvalue weighted by Crippen LogP contribution is -2.29. The number of ketones is 1. The van der Waals surface area contributed by atoms with E-state index in [4.69, 9.17) is 4.74 Å². The number of hydrogen-bond acceptors (Lipinski definition) is 6. The van der Waals surface area contributed by atoms with Crippen molar-refractivity contribution in [1.82, 2.24) is 9.88 Å². The molecule has 1 amide bonds. The van der Waals surface area contributed by atoms with Crippen molar-refractivity contribution in [2.24, 2.45) is 0 Å². The molecule has 1 aliphatic heterocycles. The van der Waals surface area contributed by atoms with E-state index < -0.39 is 17.7 Å². The summed E-state index contributed by atoms with van der Waals surface area (Å²) >= 11 is 1.42. The number of hydrogen-bond donors (Lipinski definition) is 1. The number of likely N-dealkylation sites (tertiary alicyclic amines) is 1. The number of carbonyl (C=O) groups is 2. The zero-order valence-electron chi connectivity index (χ0n) is 15.6. The van der Waals surface area contributed by atoms with Gasteiger partial charge in [-0.15, -0.1) is 11.3 Å². The zero-order chi connectivity index (χ0) is 20.4. The summed E-state index contributed by atoms with van der Waals surface area (Å²) in [4.78, 5) is 32.4. The summed E-state index contributed by atoms with van der Waals surface area (Å²) in [5, 5.41) is 12.9. The quantitative estimate of drug-likeness (QED) is 0.396. The van der Waals surface area contributed by atoms with Gasteiger partial charge in [0.25, 0.3) is 11.7 Å². The van der Waals surface area contributed by atoms with E-state index in [1.165, 1.54) is 23.3 Å². The number of rotatable bonds is 5. The molecule has 0 radical (unpaired) electrons. The highest BCUT2D eigenvalue weighted by Gasteiger charge is 2.46. The Balaban J connectivity index is 1.86. The monoisotopic (exact) mass is 406 g/mol. The van der Waals surface area contributed by atoms with Crippen LogP contribution in [0.15, 0.2) is 71.7 Å². The SMILES string of the molecule is COc1ccccc1/C(O)=C1/C(=O)C(=O)N(Cc2ccccn2)C1c1cccs1. The number of aromatic nitrogens is 1. The fourth-order valence-electron chi connectivity index (χ4n) is 3.44. The largest absolute Gasteiger partial charge is 0.507 e. The summed E-state index contributed by atoms with van der Waals surface area (Å²) < 4.78 is 5.33. The molecule has 6 nitrogen and oxygen atoms in total. The third kappa shape index (κ3) is 3.40. The molecule has 1 fully saturated rings. The summed E-state index contributed by atoms with van der Waals surface area (Å²) in [7, 11) is 1.49. The Morgan fingerprint density at radius 3 is 2.62 bits per heavy atom. The fourth-order valence-corrected chi connectivity index (χ4v) is 4.28. The molecule has 0 aliphatic carbocycles. The number of amides is 1. The van der Waals surface area contributed by atoms with E-state index in [1.54, 1.807) is 42.6 Å². The van der Waals surface area contributed by atoms with Crippen LogP contribution in [0.1, 0.15) is 22.2 Å². The Kier molecular flexibility index (Phi) is 5.14. The van der Waals surface area contributed by atoms with Crippen LogP contribution in [-0.4, -0.2) is 33.8 Å². The van der Waals surface area contributed by atoms with Crippen molar-refractivity contribution < 1.29 is 19.4 Å². The number of pyridine rings is 1. The molecule has 1 aliphatic rings. The number of aliphatic hydroxyl groups is 1. The smallest absolute Gasteiger partial charge is 0.296 e. The predicted octanol–water partition coefficient (Wildman–Crippen LogP) is 3.77. The molecule has 1 atom stereocenters. The van der Waals surface area contributed by atoms with Gasteiger partial charge in [0.2, 0.25) is 0 Å². The first-order valence-corrected chi connectivity index (χ1v) is 9.85. The average molecular weight is 406 g/mol. The van der Waals surface area contributed by atoms with Crippen LogP contribution in [0.25, 0.3) is 5.76 Å². The van der Waals surface area contributed by atoms with E-state index in [1.807, 2.05) is 23.6 Å². The van der Waals surface area contributed by atoms with Crippen LogP contribution in [0.3, 0.4) is 0 Å². The Bertz CT molecular complexity index is 1080. The standard InChI is InChI=1S/C22H18N2O4S/c1-28-16-9-3-2-8-15(16)20(25)18-19(17-10-6-12-29-17)24(22(27)21(18)26)13-14-7-4-5-11-23-14/h2-12,19,25H,13H2,1H3/b20-18-. The number of methoxy groups -OCH3 is 1. The summed E-state index contributed by atoms with van der Waals surface area (Å²) in [6.07, 6.45) is 1.64. The van der Waals surface area contributed by atoms with Crippen molar-refractivity contribution in [1.29, 1.82) is 0 Å². The van der Waals surface area contributed by atoms with Gasteiger partial charge in [-0.2, -0.15) is 0 Å². The number of nitrogens with zero attached hydrogens (tertiary/aromatic N) is 2. The second-order valence-corrected chi connectivity index (χ2v) is 7.44. The first-order chi connectivity index (χ1) is 14.1. The van der Waals surface area contributed by atoms with Gasteiger partial charge in [0.05, 0.1) is 30.5 Å². The number of benzene rings is 1. The minimum Gasteiger partial charge on any atom is -0.507 e. The predicted molar refractivity (Wildman–Crippen MR) is 109 cm³/mol. The topological polar surface area (TPSA) is 79.7 Å². The molecule has 2 aromatic heterocycles. The third-order valence-electron chi connectivity index (χ3n) is 4.77. The molecule has 1 aromatic carbocycles. The first kappa shape index (κ1) is 18.9. The van der Waals surface area contributed by atoms with E-state index in [9.17, 15) is 14.7 Å². The Morgan fingerprint density at radius 2 is 1.93 bits per heavy atom. The van der Waals surface area contributed by atoms with E-state index in [0.29, 0.717) is 17.0 Å². The van der Waals surface area contributed by atoms with Gasteiger partial charge in [0.15, 0.2) is 0 Å². The van der Waals surface area contributed by atoms with Crippen molar-refractivity contribution in [3.8, 4) is 5.75 Å². The summed E-state index contributed by atoms with van der Waals surface area (Å²) in [5.74, 6) is -1.21. The van der Waals surface area contributed by atoms with Crippen LogP contribution < -0.4 is 4.74 Å². The van der Waals surface area contributed by atoms with Crippen molar-refractivity contribution in [2.75, 3.05) is 7.11 Å². The molecule has 29 heavy (non-hydrogen) atoms. The van der Waals surface area contributed by atoms with Crippen LogP contribution in [0.2, 0.25) is 0 Å². The number of para-hydroxylation sites is 1. The highest BCUT2D eigenvalue weighted by molar-refractivity contribution is 7.10. The first-order valence-electron chi connectivity index (χ1n) is 8.97. The molecule has 1 N–H and O–H groups in total. The molecule has 0 saturated carbocycles. The van der Waals surface area contributed by atoms with E-state index in [2.05, 4.69) is 4.98 Å². The fraction of sp³-hybridized carbons (Fsp3) is 0.136. The lowest BCUT2D eigenvalue weighted by Gasteiger charge is -2.23. The molecule has 3 heterocycles. The molecule has 0 spiro atoms. The summed E-state index contributed by atoms with van der Waals surface area (Å²) in [6, 6.07) is 15.3. The highest BCUT2D eigenvalue weighted by Crippen LogP contribution is 2.42. The van der Waals surface area contributed by atoms with Crippen LogP contribution in [0.5, 0.6) is 5.75 Å². The normalized spacial score (nSPS) is 18.2. The van der Waals surface area contributed by atoms with Crippen molar-refractivity contribution in [3.63, 3.8) is 0 Å². The van der Waals surface area contributed by atoms with Gasteiger partial charge in [-0.25, -0.2) is 0 Å². The molecule has 0 bridgehead atoms. The highest BCUT2D eigenvalue weighted by atomic mass is 32.1. The molecular weight excluding hydrogens is 388 g/mol. The Hall–Kier alpha value is -3.45. The van der Waals surface area contributed by atoms with Crippen molar-refractivity contribution in [2.45, 2.75) is 12.6 Å². The number of thiophene rings is 1. The number of carbonyl (C=O) groups excluding carboxylic acids is 2. The van der Waals surface area contributed by atoms with Crippen molar-refractivity contribution >= 4 is 28.8 Å². The minimum absolute atomic E-state index is 0.0536. The average Bonchev–Trinajstić information content (AvgIpc) is 3.37. The Labute approximate surface area is 171 Å². The van der Waals surface area contributed by atoms with Crippen LogP contribution in [0.4, 0.5) is 0 Å². The lowest BCUT2D eigenvalue weighted by atomic mass is 9.99. The number of ether oxygens (including phenoxy) is 1. The number of aliphatic hydroxyl groups excluding tert-OH is 1. The second kappa shape index (κ2) is 7.89. The molecule has 4 rings (SSSR count). The minimum atomic E-state index is -0.720. The van der Waals surface area contributed by atoms with E-state index in [0.717, 1.165) is 4.88 Å². The van der Waals surface area contributed by atoms with Gasteiger partial charge in [-0.05, 0) is 35.7 Å². The van der Waals surface area contributed by atoms with Gasteiger partial charge >= 0.3 is 0 Å². The third-order valence-corrected chi connectivity index (χ3v) is 5.70. The van der Waals surface area contributed by atoms with Gasteiger partial charge in [-0.3, -0.25) is 14.6 Å². The molecule has 3 aromatic rings. The van der Waals surface area contributed by atoms with Crippen molar-refractivity contribution in [3.05, 3.63) is 87.9 Å².